The van der Waals surface area contributed by atoms with E-state index in [0.29, 0.717) is 12.0 Å². The highest BCUT2D eigenvalue weighted by Gasteiger charge is 2.23. The van der Waals surface area contributed by atoms with Crippen LogP contribution < -0.4 is 10.1 Å². The van der Waals surface area contributed by atoms with Gasteiger partial charge in [-0.25, -0.2) is 0 Å². The quantitative estimate of drug-likeness (QED) is 0.817. The molecular formula is C13H19NO. The highest BCUT2D eigenvalue weighted by atomic mass is 16.5. The minimum atomic E-state index is 0.531. The molecule has 1 aliphatic heterocycles. The van der Waals surface area contributed by atoms with Crippen molar-refractivity contribution in [2.75, 3.05) is 13.2 Å². The van der Waals surface area contributed by atoms with Crippen LogP contribution >= 0.6 is 0 Å². The first kappa shape index (κ1) is 10.5. The fraction of sp³-hybridized carbons (Fsp3) is 0.538. The normalized spacial score (nSPS) is 21.6. The maximum absolute atomic E-state index is 5.76. The topological polar surface area (TPSA) is 21.3 Å². The zero-order valence-electron chi connectivity index (χ0n) is 9.49. The Morgan fingerprint density at radius 3 is 3.07 bits per heavy atom. The smallest absolute Gasteiger partial charge is 0.122 e. The molecule has 1 aromatic rings. The van der Waals surface area contributed by atoms with Gasteiger partial charge in [-0.2, -0.15) is 0 Å². The highest BCUT2D eigenvalue weighted by molar-refractivity contribution is 5.35. The number of fused-ring (bicyclic) bond motifs is 1. The molecule has 0 spiro atoms. The van der Waals surface area contributed by atoms with Crippen molar-refractivity contribution in [2.45, 2.75) is 26.3 Å². The van der Waals surface area contributed by atoms with Gasteiger partial charge in [-0.15, -0.1) is 0 Å². The Morgan fingerprint density at radius 2 is 2.27 bits per heavy atom. The molecule has 0 aliphatic carbocycles. The zero-order valence-corrected chi connectivity index (χ0v) is 9.49. The van der Waals surface area contributed by atoms with Gasteiger partial charge in [0.15, 0.2) is 0 Å². The van der Waals surface area contributed by atoms with Crippen molar-refractivity contribution in [3.8, 4) is 5.75 Å². The average Bonchev–Trinajstić information content (AvgIpc) is 2.29. The Bertz CT molecular complexity index is 324. The summed E-state index contributed by atoms with van der Waals surface area (Å²) in [4.78, 5) is 0. The van der Waals surface area contributed by atoms with Gasteiger partial charge in [0.2, 0.25) is 0 Å². The van der Waals surface area contributed by atoms with Gasteiger partial charge in [-0.1, -0.05) is 25.1 Å². The van der Waals surface area contributed by atoms with Crippen LogP contribution in [0.25, 0.3) is 0 Å². The van der Waals surface area contributed by atoms with Crippen molar-refractivity contribution in [3.63, 3.8) is 0 Å². The molecule has 0 amide bonds. The third-order valence-electron chi connectivity index (χ3n) is 3.14. The molecule has 1 heterocycles. The largest absolute Gasteiger partial charge is 0.493 e. The summed E-state index contributed by atoms with van der Waals surface area (Å²) in [6.07, 6.45) is 1.13. The summed E-state index contributed by atoms with van der Waals surface area (Å²) in [5.41, 5.74) is 1.35. The number of hydrogen-bond acceptors (Lipinski definition) is 2. The van der Waals surface area contributed by atoms with Gasteiger partial charge in [-0.05, 0) is 31.5 Å². The van der Waals surface area contributed by atoms with Crippen molar-refractivity contribution in [2.24, 2.45) is 5.92 Å². The fourth-order valence-corrected chi connectivity index (χ4v) is 2.16. The van der Waals surface area contributed by atoms with E-state index in [0.717, 1.165) is 25.3 Å². The predicted molar refractivity (Wildman–Crippen MR) is 62.3 cm³/mol. The maximum Gasteiger partial charge on any atom is 0.122 e. The Hall–Kier alpha value is -1.02. The summed E-state index contributed by atoms with van der Waals surface area (Å²) in [6, 6.07) is 8.88. The van der Waals surface area contributed by atoms with Crippen molar-refractivity contribution in [3.05, 3.63) is 29.8 Å². The van der Waals surface area contributed by atoms with E-state index in [9.17, 15) is 0 Å². The molecule has 2 heteroatoms. The lowest BCUT2D eigenvalue weighted by molar-refractivity contribution is 0.191. The van der Waals surface area contributed by atoms with Crippen LogP contribution in [0.2, 0.25) is 0 Å². The van der Waals surface area contributed by atoms with Crippen molar-refractivity contribution in [1.29, 1.82) is 0 Å². The van der Waals surface area contributed by atoms with Crippen LogP contribution in [-0.4, -0.2) is 19.2 Å². The molecule has 1 N–H and O–H groups in total. The molecule has 0 fully saturated rings. The van der Waals surface area contributed by atoms with Crippen LogP contribution in [0.4, 0.5) is 0 Å². The van der Waals surface area contributed by atoms with E-state index >= 15 is 0 Å². The van der Waals surface area contributed by atoms with Crippen LogP contribution in [0.15, 0.2) is 24.3 Å². The molecular weight excluding hydrogens is 186 g/mol. The Balaban J connectivity index is 2.05. The van der Waals surface area contributed by atoms with Crippen LogP contribution in [0.3, 0.4) is 0 Å². The van der Waals surface area contributed by atoms with Crippen LogP contribution in [-0.2, 0) is 6.42 Å². The molecule has 1 aliphatic rings. The van der Waals surface area contributed by atoms with E-state index in [1.807, 2.05) is 6.07 Å². The molecule has 2 unspecified atom stereocenters. The lowest BCUT2D eigenvalue weighted by Gasteiger charge is -2.30. The van der Waals surface area contributed by atoms with E-state index in [4.69, 9.17) is 4.74 Å². The minimum Gasteiger partial charge on any atom is -0.493 e. The van der Waals surface area contributed by atoms with Gasteiger partial charge in [-0.3, -0.25) is 0 Å². The predicted octanol–water partition coefficient (Wildman–Crippen LogP) is 2.24. The lowest BCUT2D eigenvalue weighted by atomic mass is 9.91. The maximum atomic E-state index is 5.76. The molecule has 0 aromatic heterocycles. The second kappa shape index (κ2) is 4.67. The second-order valence-electron chi connectivity index (χ2n) is 4.23. The van der Waals surface area contributed by atoms with E-state index in [1.165, 1.54) is 5.56 Å². The van der Waals surface area contributed by atoms with Crippen molar-refractivity contribution < 1.29 is 4.74 Å². The number of ether oxygens (including phenoxy) is 1. The number of benzene rings is 1. The molecule has 1 aromatic carbocycles. The summed E-state index contributed by atoms with van der Waals surface area (Å²) < 4.78 is 5.76. The highest BCUT2D eigenvalue weighted by Crippen LogP contribution is 2.28. The van der Waals surface area contributed by atoms with Gasteiger partial charge in [0.25, 0.3) is 0 Å². The molecule has 2 nitrogen and oxygen atoms in total. The van der Waals surface area contributed by atoms with E-state index < -0.39 is 0 Å². The Labute approximate surface area is 91.6 Å². The lowest BCUT2D eigenvalue weighted by Crippen LogP contribution is -2.39. The molecule has 0 saturated heterocycles. The molecule has 2 rings (SSSR count). The fourth-order valence-electron chi connectivity index (χ4n) is 2.16. The van der Waals surface area contributed by atoms with Crippen molar-refractivity contribution >= 4 is 0 Å². The van der Waals surface area contributed by atoms with E-state index in [2.05, 4.69) is 37.4 Å². The summed E-state index contributed by atoms with van der Waals surface area (Å²) >= 11 is 0. The van der Waals surface area contributed by atoms with Crippen LogP contribution in [0.1, 0.15) is 19.4 Å². The standard InChI is InChI=1S/C13H19NO/c1-3-14-10(2)12-8-11-6-4-5-7-13(11)15-9-12/h4-7,10,12,14H,3,8-9H2,1-2H3. The number of para-hydroxylation sites is 1. The molecule has 0 saturated carbocycles. The molecule has 15 heavy (non-hydrogen) atoms. The SMILES string of the molecule is CCNC(C)C1COc2ccccc2C1. The van der Waals surface area contributed by atoms with Crippen molar-refractivity contribution in [1.82, 2.24) is 5.32 Å². The first-order valence-electron chi connectivity index (χ1n) is 5.75. The zero-order chi connectivity index (χ0) is 10.7. The van der Waals surface area contributed by atoms with Gasteiger partial charge >= 0.3 is 0 Å². The molecule has 0 radical (unpaired) electrons. The Kier molecular flexibility index (Phi) is 3.27. The van der Waals surface area contributed by atoms with Gasteiger partial charge in [0, 0.05) is 12.0 Å². The van der Waals surface area contributed by atoms with E-state index in [1.54, 1.807) is 0 Å². The number of rotatable bonds is 3. The van der Waals surface area contributed by atoms with Gasteiger partial charge < -0.3 is 10.1 Å². The third kappa shape index (κ3) is 2.32. The third-order valence-corrected chi connectivity index (χ3v) is 3.14. The summed E-state index contributed by atoms with van der Waals surface area (Å²) in [5.74, 6) is 1.66. The molecule has 82 valence electrons. The van der Waals surface area contributed by atoms with Gasteiger partial charge in [0.1, 0.15) is 5.75 Å². The van der Waals surface area contributed by atoms with Crippen LogP contribution in [0.5, 0.6) is 5.75 Å². The summed E-state index contributed by atoms with van der Waals surface area (Å²) in [5, 5.41) is 3.47. The van der Waals surface area contributed by atoms with Gasteiger partial charge in [0.05, 0.1) is 6.61 Å². The Morgan fingerprint density at radius 1 is 1.47 bits per heavy atom. The molecule has 0 bridgehead atoms. The average molecular weight is 205 g/mol. The summed E-state index contributed by atoms with van der Waals surface area (Å²) in [6.45, 7) is 6.25. The number of hydrogen-bond donors (Lipinski definition) is 1. The van der Waals surface area contributed by atoms with E-state index in [-0.39, 0.29) is 0 Å². The second-order valence-corrected chi connectivity index (χ2v) is 4.23. The first-order chi connectivity index (χ1) is 7.31. The minimum absolute atomic E-state index is 0.531. The monoisotopic (exact) mass is 205 g/mol. The number of nitrogens with one attached hydrogen (secondary N) is 1. The first-order valence-corrected chi connectivity index (χ1v) is 5.75. The summed E-state index contributed by atoms with van der Waals surface area (Å²) in [7, 11) is 0. The van der Waals surface area contributed by atoms with Crippen LogP contribution in [0, 0.1) is 5.92 Å². The molecule has 2 atom stereocenters.